The fraction of sp³-hybridized carbons (Fsp3) is 0.318. The highest BCUT2D eigenvalue weighted by molar-refractivity contribution is 7.85. The topological polar surface area (TPSA) is 131 Å². The second kappa shape index (κ2) is 13.2. The second-order valence-corrected chi connectivity index (χ2v) is 8.25. The highest BCUT2D eigenvalue weighted by Crippen LogP contribution is 2.09. The lowest BCUT2D eigenvalue weighted by molar-refractivity contribution is -0.145. The van der Waals surface area contributed by atoms with Crippen molar-refractivity contribution in [3.8, 4) is 0 Å². The van der Waals surface area contributed by atoms with E-state index in [0.717, 1.165) is 5.56 Å². The molecular formula is C22H26N2O7S. The number of carbonyl (C=O) groups excluding carboxylic acids is 3. The van der Waals surface area contributed by atoms with Gasteiger partial charge in [0.15, 0.2) is 0 Å². The van der Waals surface area contributed by atoms with E-state index < -0.39 is 47.5 Å². The molecule has 9 nitrogen and oxygen atoms in total. The predicted molar refractivity (Wildman–Crippen MR) is 117 cm³/mol. The molecule has 3 atom stereocenters. The zero-order chi connectivity index (χ0) is 23.3. The maximum Gasteiger partial charge on any atom is 0.408 e. The number of alkyl carbamates (subject to hydrolysis) is 1. The van der Waals surface area contributed by atoms with Crippen molar-refractivity contribution in [2.24, 2.45) is 0 Å². The number of hydrogen-bond acceptors (Lipinski definition) is 7. The van der Waals surface area contributed by atoms with E-state index in [9.17, 15) is 23.7 Å². The van der Waals surface area contributed by atoms with Gasteiger partial charge in [-0.2, -0.15) is 0 Å². The molecule has 0 spiro atoms. The van der Waals surface area contributed by atoms with Gasteiger partial charge < -0.3 is 25.2 Å². The van der Waals surface area contributed by atoms with Gasteiger partial charge in [-0.05, 0) is 24.1 Å². The smallest absolute Gasteiger partial charge is 0.408 e. The molecule has 2 amide bonds. The molecular weight excluding hydrogens is 436 g/mol. The first-order chi connectivity index (χ1) is 15.4. The summed E-state index contributed by atoms with van der Waals surface area (Å²) in [7, 11) is -0.213. The lowest BCUT2D eigenvalue weighted by atomic mass is 10.2. The summed E-state index contributed by atoms with van der Waals surface area (Å²) in [5.74, 6) is -1.43. The van der Waals surface area contributed by atoms with Crippen molar-refractivity contribution in [3.05, 3.63) is 66.2 Å². The third kappa shape index (κ3) is 8.12. The molecule has 0 heterocycles. The molecule has 0 saturated heterocycles. The molecule has 2 aromatic carbocycles. The van der Waals surface area contributed by atoms with Crippen LogP contribution in [0.3, 0.4) is 0 Å². The van der Waals surface area contributed by atoms with Crippen molar-refractivity contribution in [2.75, 3.05) is 19.5 Å². The van der Waals surface area contributed by atoms with E-state index in [1.165, 1.54) is 7.11 Å². The average molecular weight is 463 g/mol. The van der Waals surface area contributed by atoms with Gasteiger partial charge in [0, 0.05) is 10.6 Å². The molecule has 2 rings (SSSR count). The molecule has 0 aliphatic rings. The second-order valence-electron chi connectivity index (χ2n) is 6.68. The molecule has 3 N–H and O–H groups in total. The molecule has 0 radical (unpaired) electrons. The number of aliphatic hydroxyl groups is 1. The zero-order valence-corrected chi connectivity index (χ0v) is 18.4. The predicted octanol–water partition coefficient (Wildman–Crippen LogP) is 1.13. The molecule has 0 aliphatic carbocycles. The van der Waals surface area contributed by atoms with Gasteiger partial charge in [0.2, 0.25) is 5.91 Å². The number of ether oxygens (including phenoxy) is 2. The number of hydrogen-bond donors (Lipinski definition) is 3. The van der Waals surface area contributed by atoms with Crippen LogP contribution in [0.2, 0.25) is 0 Å². The number of amides is 2. The summed E-state index contributed by atoms with van der Waals surface area (Å²) in [6, 6.07) is 15.2. The zero-order valence-electron chi connectivity index (χ0n) is 17.6. The Kier molecular flexibility index (Phi) is 10.3. The van der Waals surface area contributed by atoms with Gasteiger partial charge in [-0.15, -0.1) is 0 Å². The fourth-order valence-corrected chi connectivity index (χ4v) is 3.83. The standard InChI is InChI=1S/C22H26N2O7S/c1-30-21(27)18(12-13-32(29)17-10-6-3-7-11-17)23-20(26)19(14-25)24-22(28)31-15-16-8-4-2-5-9-16/h2-11,18-19,25H,12-15H2,1H3,(H,23,26)(H,24,28)/t18-,19-,32-/m0/s1. The summed E-state index contributed by atoms with van der Waals surface area (Å²) in [5, 5.41) is 14.2. The van der Waals surface area contributed by atoms with Gasteiger partial charge in [0.1, 0.15) is 18.7 Å². The van der Waals surface area contributed by atoms with Crippen LogP contribution in [0.4, 0.5) is 4.79 Å². The van der Waals surface area contributed by atoms with Crippen molar-refractivity contribution >= 4 is 28.8 Å². The Morgan fingerprint density at radius 2 is 1.59 bits per heavy atom. The minimum atomic E-state index is -1.38. The minimum absolute atomic E-state index is 0.0114. The van der Waals surface area contributed by atoms with Crippen LogP contribution in [0.5, 0.6) is 0 Å². The van der Waals surface area contributed by atoms with Crippen LogP contribution in [-0.2, 0) is 36.5 Å². The van der Waals surface area contributed by atoms with Crippen molar-refractivity contribution in [2.45, 2.75) is 30.0 Å². The summed E-state index contributed by atoms with van der Waals surface area (Å²) in [6.45, 7) is -0.724. The van der Waals surface area contributed by atoms with Crippen molar-refractivity contribution in [1.82, 2.24) is 10.6 Å². The maximum atomic E-state index is 12.5. The van der Waals surface area contributed by atoms with E-state index in [2.05, 4.69) is 10.6 Å². The molecule has 0 aliphatic heterocycles. The minimum Gasteiger partial charge on any atom is -0.467 e. The number of methoxy groups -OCH3 is 1. The van der Waals surface area contributed by atoms with Gasteiger partial charge in [0.05, 0.1) is 24.5 Å². The SMILES string of the molecule is COC(=O)[C@H](CC[S@](=O)c1ccccc1)NC(=O)[C@H](CO)NC(=O)OCc1ccccc1. The first kappa shape index (κ1) is 25.0. The monoisotopic (exact) mass is 462 g/mol. The molecule has 2 aromatic rings. The summed E-state index contributed by atoms with van der Waals surface area (Å²) in [5.41, 5.74) is 0.754. The summed E-state index contributed by atoms with van der Waals surface area (Å²) < 4.78 is 22.1. The fourth-order valence-electron chi connectivity index (χ4n) is 2.68. The largest absolute Gasteiger partial charge is 0.467 e. The Morgan fingerprint density at radius 3 is 2.19 bits per heavy atom. The number of esters is 1. The van der Waals surface area contributed by atoms with Crippen LogP contribution >= 0.6 is 0 Å². The van der Waals surface area contributed by atoms with Gasteiger partial charge in [-0.3, -0.25) is 9.00 Å². The number of aliphatic hydroxyl groups excluding tert-OH is 1. The average Bonchev–Trinajstić information content (AvgIpc) is 2.84. The van der Waals surface area contributed by atoms with Crippen LogP contribution in [-0.4, -0.2) is 58.8 Å². The van der Waals surface area contributed by atoms with Crippen LogP contribution in [0.15, 0.2) is 65.6 Å². The molecule has 0 aromatic heterocycles. The van der Waals surface area contributed by atoms with Gasteiger partial charge in [-0.25, -0.2) is 9.59 Å². The van der Waals surface area contributed by atoms with E-state index in [1.807, 2.05) is 6.07 Å². The van der Waals surface area contributed by atoms with E-state index in [4.69, 9.17) is 9.47 Å². The third-order valence-electron chi connectivity index (χ3n) is 4.40. The van der Waals surface area contributed by atoms with Gasteiger partial charge in [-0.1, -0.05) is 48.5 Å². The summed E-state index contributed by atoms with van der Waals surface area (Å²) >= 11 is 0. The van der Waals surface area contributed by atoms with Gasteiger partial charge >= 0.3 is 12.1 Å². The normalized spacial score (nSPS) is 13.3. The van der Waals surface area contributed by atoms with Crippen LogP contribution in [0, 0.1) is 0 Å². The van der Waals surface area contributed by atoms with Crippen LogP contribution < -0.4 is 10.6 Å². The highest BCUT2D eigenvalue weighted by Gasteiger charge is 2.27. The summed E-state index contributed by atoms with van der Waals surface area (Å²) in [4.78, 5) is 37.2. The van der Waals surface area contributed by atoms with E-state index >= 15 is 0 Å². The summed E-state index contributed by atoms with van der Waals surface area (Å²) in [6.07, 6.45) is -0.862. The van der Waals surface area contributed by atoms with E-state index in [-0.39, 0.29) is 18.8 Å². The Labute approximate surface area is 188 Å². The van der Waals surface area contributed by atoms with Crippen molar-refractivity contribution in [3.63, 3.8) is 0 Å². The maximum absolute atomic E-state index is 12.5. The number of benzene rings is 2. The Balaban J connectivity index is 1.90. The first-order valence-corrected chi connectivity index (χ1v) is 11.2. The lowest BCUT2D eigenvalue weighted by Crippen LogP contribution is -2.53. The molecule has 0 bridgehead atoms. The third-order valence-corrected chi connectivity index (χ3v) is 5.81. The van der Waals surface area contributed by atoms with Crippen molar-refractivity contribution < 1.29 is 33.2 Å². The van der Waals surface area contributed by atoms with E-state index in [1.54, 1.807) is 54.6 Å². The molecule has 0 fully saturated rings. The Hall–Kier alpha value is -3.24. The quantitative estimate of drug-likeness (QED) is 0.427. The van der Waals surface area contributed by atoms with Gasteiger partial charge in [0.25, 0.3) is 0 Å². The highest BCUT2D eigenvalue weighted by atomic mass is 32.2. The van der Waals surface area contributed by atoms with Crippen LogP contribution in [0.25, 0.3) is 0 Å². The number of carbonyl (C=O) groups is 3. The molecule has 0 saturated carbocycles. The molecule has 32 heavy (non-hydrogen) atoms. The Bertz CT molecular complexity index is 909. The molecule has 0 unspecified atom stereocenters. The Morgan fingerprint density at radius 1 is 0.969 bits per heavy atom. The number of rotatable bonds is 11. The molecule has 10 heteroatoms. The van der Waals surface area contributed by atoms with Crippen molar-refractivity contribution in [1.29, 1.82) is 0 Å². The molecule has 172 valence electrons. The first-order valence-electron chi connectivity index (χ1n) is 9.84. The number of nitrogens with one attached hydrogen (secondary N) is 2. The lowest BCUT2D eigenvalue weighted by Gasteiger charge is -2.21. The van der Waals surface area contributed by atoms with E-state index in [0.29, 0.717) is 4.90 Å². The van der Waals surface area contributed by atoms with Crippen LogP contribution in [0.1, 0.15) is 12.0 Å².